The van der Waals surface area contributed by atoms with E-state index < -0.39 is 0 Å². The molecule has 0 aromatic heterocycles. The van der Waals surface area contributed by atoms with Crippen molar-refractivity contribution < 1.29 is 4.79 Å². The number of piperazine rings is 1. The second-order valence-electron chi connectivity index (χ2n) is 5.79. The maximum Gasteiger partial charge on any atom is 0.255 e. The van der Waals surface area contributed by atoms with Gasteiger partial charge in [-0.3, -0.25) is 4.79 Å². The number of carbonyl (C=O) groups is 1. The number of benzene rings is 2. The molecule has 0 radical (unpaired) electrons. The van der Waals surface area contributed by atoms with Gasteiger partial charge in [-0.05, 0) is 36.4 Å². The van der Waals surface area contributed by atoms with Crippen LogP contribution in [0.25, 0.3) is 0 Å². The average Bonchev–Trinajstić information content (AvgIpc) is 2.63. The highest BCUT2D eigenvalue weighted by Gasteiger charge is 2.25. The van der Waals surface area contributed by atoms with E-state index in [4.69, 9.17) is 28.9 Å². The molecule has 1 saturated heterocycles. The number of nitrogen functional groups attached to an aromatic ring is 1. The summed E-state index contributed by atoms with van der Waals surface area (Å²) >= 11 is 12.1. The Morgan fingerprint density at radius 3 is 2.48 bits per heavy atom. The lowest BCUT2D eigenvalue weighted by Gasteiger charge is -2.36. The second kappa shape index (κ2) is 7.22. The third-order valence-corrected chi connectivity index (χ3v) is 4.77. The Bertz CT molecular complexity index is 855. The van der Waals surface area contributed by atoms with Crippen molar-refractivity contribution in [1.29, 1.82) is 5.26 Å². The summed E-state index contributed by atoms with van der Waals surface area (Å²) < 4.78 is 0. The van der Waals surface area contributed by atoms with E-state index in [-0.39, 0.29) is 5.91 Å². The summed E-state index contributed by atoms with van der Waals surface area (Å²) in [4.78, 5) is 16.5. The Balaban J connectivity index is 1.73. The third kappa shape index (κ3) is 3.65. The molecule has 0 atom stereocenters. The number of amides is 1. The van der Waals surface area contributed by atoms with Crippen molar-refractivity contribution in [2.75, 3.05) is 36.8 Å². The fraction of sp³-hybridized carbons (Fsp3) is 0.222. The van der Waals surface area contributed by atoms with Gasteiger partial charge in [0.25, 0.3) is 5.91 Å². The number of nitrogens with zero attached hydrogens (tertiary/aromatic N) is 3. The van der Waals surface area contributed by atoms with Crippen LogP contribution in [0.5, 0.6) is 0 Å². The lowest BCUT2D eigenvalue weighted by molar-refractivity contribution is 0.0747. The monoisotopic (exact) mass is 374 g/mol. The minimum absolute atomic E-state index is 0.134. The molecule has 7 heteroatoms. The number of hydrogen-bond donors (Lipinski definition) is 1. The van der Waals surface area contributed by atoms with Gasteiger partial charge in [0.2, 0.25) is 0 Å². The molecule has 0 aliphatic carbocycles. The quantitative estimate of drug-likeness (QED) is 0.817. The zero-order valence-corrected chi connectivity index (χ0v) is 14.9. The van der Waals surface area contributed by atoms with E-state index in [1.807, 2.05) is 6.07 Å². The minimum Gasteiger partial charge on any atom is -0.399 e. The Morgan fingerprint density at radius 2 is 1.80 bits per heavy atom. The minimum atomic E-state index is -0.134. The maximum absolute atomic E-state index is 12.7. The molecule has 0 spiro atoms. The van der Waals surface area contributed by atoms with Crippen LogP contribution >= 0.6 is 23.2 Å². The molecular weight excluding hydrogens is 359 g/mol. The first kappa shape index (κ1) is 17.4. The van der Waals surface area contributed by atoms with Gasteiger partial charge in [-0.2, -0.15) is 5.26 Å². The molecule has 0 bridgehead atoms. The van der Waals surface area contributed by atoms with E-state index in [0.717, 1.165) is 5.69 Å². The number of nitriles is 1. The molecule has 0 unspecified atom stereocenters. The molecule has 1 amide bonds. The standard InChI is InChI=1S/C18H16Cl2N4O/c19-13-1-3-16(20)15(10-13)18(25)24-7-5-23(6-8-24)17-4-2-14(22)9-12(17)11-21/h1-4,9-10H,5-8,22H2. The zero-order valence-electron chi connectivity index (χ0n) is 13.4. The fourth-order valence-electron chi connectivity index (χ4n) is 2.90. The highest BCUT2D eigenvalue weighted by atomic mass is 35.5. The number of hydrogen-bond acceptors (Lipinski definition) is 4. The topological polar surface area (TPSA) is 73.4 Å². The van der Waals surface area contributed by atoms with Crippen LogP contribution in [0, 0.1) is 11.3 Å². The summed E-state index contributed by atoms with van der Waals surface area (Å²) in [6, 6.07) is 12.3. The van der Waals surface area contributed by atoms with Crippen LogP contribution in [-0.4, -0.2) is 37.0 Å². The third-order valence-electron chi connectivity index (χ3n) is 4.21. The zero-order chi connectivity index (χ0) is 18.0. The Hall–Kier alpha value is -2.42. The molecule has 2 aromatic rings. The lowest BCUT2D eigenvalue weighted by Crippen LogP contribution is -2.49. The summed E-state index contributed by atoms with van der Waals surface area (Å²) in [6.45, 7) is 2.33. The Morgan fingerprint density at radius 1 is 1.08 bits per heavy atom. The summed E-state index contributed by atoms with van der Waals surface area (Å²) in [5.41, 5.74) is 8.09. The normalized spacial score (nSPS) is 14.3. The summed E-state index contributed by atoms with van der Waals surface area (Å²) in [5, 5.41) is 10.2. The Labute approximate surface area is 156 Å². The summed E-state index contributed by atoms with van der Waals surface area (Å²) in [7, 11) is 0. The number of halogens is 2. The van der Waals surface area contributed by atoms with Crippen LogP contribution in [0.3, 0.4) is 0 Å². The SMILES string of the molecule is N#Cc1cc(N)ccc1N1CCN(C(=O)c2cc(Cl)ccc2Cl)CC1. The highest BCUT2D eigenvalue weighted by Crippen LogP contribution is 2.26. The van der Waals surface area contributed by atoms with Crippen LogP contribution in [-0.2, 0) is 0 Å². The van der Waals surface area contributed by atoms with Crippen molar-refractivity contribution in [1.82, 2.24) is 4.90 Å². The predicted octanol–water partition coefficient (Wildman–Crippen LogP) is 3.41. The van der Waals surface area contributed by atoms with Crippen LogP contribution in [0.15, 0.2) is 36.4 Å². The largest absolute Gasteiger partial charge is 0.399 e. The first-order chi connectivity index (χ1) is 12.0. The van der Waals surface area contributed by atoms with Crippen molar-refractivity contribution in [3.8, 4) is 6.07 Å². The van der Waals surface area contributed by atoms with Crippen molar-refractivity contribution in [3.05, 3.63) is 57.6 Å². The molecule has 1 aliphatic rings. The molecule has 1 fully saturated rings. The first-order valence-electron chi connectivity index (χ1n) is 7.78. The first-order valence-corrected chi connectivity index (χ1v) is 8.54. The molecule has 1 heterocycles. The van der Waals surface area contributed by atoms with E-state index in [0.29, 0.717) is 53.0 Å². The second-order valence-corrected chi connectivity index (χ2v) is 6.64. The molecule has 5 nitrogen and oxygen atoms in total. The van der Waals surface area contributed by atoms with Crippen LogP contribution in [0.1, 0.15) is 15.9 Å². The highest BCUT2D eigenvalue weighted by molar-refractivity contribution is 6.35. The molecule has 2 N–H and O–H groups in total. The fourth-order valence-corrected chi connectivity index (χ4v) is 3.27. The summed E-state index contributed by atoms with van der Waals surface area (Å²) in [6.07, 6.45) is 0. The van der Waals surface area contributed by atoms with Crippen molar-refractivity contribution >= 4 is 40.5 Å². The molecule has 128 valence electrons. The van der Waals surface area contributed by atoms with Gasteiger partial charge in [-0.15, -0.1) is 0 Å². The van der Waals surface area contributed by atoms with Gasteiger partial charge in [-0.25, -0.2) is 0 Å². The van der Waals surface area contributed by atoms with Gasteiger partial charge < -0.3 is 15.5 Å². The van der Waals surface area contributed by atoms with E-state index >= 15 is 0 Å². The molecular formula is C18H16Cl2N4O. The van der Waals surface area contributed by atoms with Gasteiger partial charge in [-0.1, -0.05) is 23.2 Å². The van der Waals surface area contributed by atoms with Crippen LogP contribution in [0.2, 0.25) is 10.0 Å². The lowest BCUT2D eigenvalue weighted by atomic mass is 10.1. The summed E-state index contributed by atoms with van der Waals surface area (Å²) in [5.74, 6) is -0.134. The maximum atomic E-state index is 12.7. The molecule has 2 aromatic carbocycles. The molecule has 0 saturated carbocycles. The van der Waals surface area contributed by atoms with Crippen molar-refractivity contribution in [2.24, 2.45) is 0 Å². The van der Waals surface area contributed by atoms with Crippen molar-refractivity contribution in [2.45, 2.75) is 0 Å². The number of anilines is 2. The number of nitrogens with two attached hydrogens (primary N) is 1. The predicted molar refractivity (Wildman–Crippen MR) is 100 cm³/mol. The van der Waals surface area contributed by atoms with E-state index in [9.17, 15) is 10.1 Å². The smallest absolute Gasteiger partial charge is 0.255 e. The van der Waals surface area contributed by atoms with Gasteiger partial charge in [0.1, 0.15) is 6.07 Å². The van der Waals surface area contributed by atoms with Gasteiger partial charge >= 0.3 is 0 Å². The van der Waals surface area contributed by atoms with Gasteiger partial charge in [0, 0.05) is 36.9 Å². The molecule has 25 heavy (non-hydrogen) atoms. The van der Waals surface area contributed by atoms with E-state index in [1.165, 1.54) is 0 Å². The van der Waals surface area contributed by atoms with Crippen molar-refractivity contribution in [3.63, 3.8) is 0 Å². The average molecular weight is 375 g/mol. The molecule has 1 aliphatic heterocycles. The molecule has 3 rings (SSSR count). The Kier molecular flexibility index (Phi) is 5.03. The van der Waals surface area contributed by atoms with E-state index in [2.05, 4.69) is 11.0 Å². The van der Waals surface area contributed by atoms with E-state index in [1.54, 1.807) is 35.2 Å². The number of rotatable bonds is 2. The van der Waals surface area contributed by atoms with Gasteiger partial charge in [0.05, 0.1) is 21.8 Å². The van der Waals surface area contributed by atoms with Gasteiger partial charge in [0.15, 0.2) is 0 Å². The van der Waals surface area contributed by atoms with Crippen LogP contribution in [0.4, 0.5) is 11.4 Å². The number of carbonyl (C=O) groups excluding carboxylic acids is 1. The van der Waals surface area contributed by atoms with Crippen LogP contribution < -0.4 is 10.6 Å².